The molecule has 37 heavy (non-hydrogen) atoms. The molecular weight excluding hydrogens is 496 g/mol. The molecule has 2 heterocycles. The summed E-state index contributed by atoms with van der Waals surface area (Å²) in [6.45, 7) is 10.5. The highest BCUT2D eigenvalue weighted by atomic mass is 32.2. The maximum Gasteiger partial charge on any atom is 0.210 e. The van der Waals surface area contributed by atoms with E-state index in [1.807, 2.05) is 6.92 Å². The average Bonchev–Trinajstić information content (AvgIpc) is 3.33. The standard InChI is InChI=1S/C28H46O8S/c1-6-7-8-9-10-11-12-18-32-19-13-20-33-26-24-23(35-27(3,4)36-24)25(34-26)28(5,29)37(30,31)22-16-14-21(2)15-17-22/h14-17,23-26,29H,6-13,18-20H2,1-5H3/t23-,24+,25+,26+,28+/m1/s1. The first-order chi connectivity index (χ1) is 17.5. The zero-order chi connectivity index (χ0) is 27.1. The lowest BCUT2D eigenvalue weighted by atomic mass is 10.1. The average molecular weight is 543 g/mol. The third kappa shape index (κ3) is 7.75. The van der Waals surface area contributed by atoms with Crippen LogP contribution in [-0.2, 0) is 33.5 Å². The van der Waals surface area contributed by atoms with Gasteiger partial charge in [0.15, 0.2) is 17.0 Å². The number of hydrogen-bond acceptors (Lipinski definition) is 8. The van der Waals surface area contributed by atoms with Crippen LogP contribution in [0.4, 0.5) is 0 Å². The highest BCUT2D eigenvalue weighted by Gasteiger charge is 2.63. The number of fused-ring (bicyclic) bond motifs is 1. The number of aliphatic hydroxyl groups is 1. The molecule has 0 saturated carbocycles. The summed E-state index contributed by atoms with van der Waals surface area (Å²) in [5.41, 5.74) is 0.921. The van der Waals surface area contributed by atoms with Crippen LogP contribution in [0.2, 0.25) is 0 Å². The van der Waals surface area contributed by atoms with E-state index in [1.54, 1.807) is 26.0 Å². The van der Waals surface area contributed by atoms with Crippen molar-refractivity contribution in [1.29, 1.82) is 0 Å². The summed E-state index contributed by atoms with van der Waals surface area (Å²) in [5.74, 6) is -0.956. The molecule has 0 aliphatic carbocycles. The van der Waals surface area contributed by atoms with Gasteiger partial charge in [-0.3, -0.25) is 0 Å². The molecule has 9 heteroatoms. The van der Waals surface area contributed by atoms with Gasteiger partial charge in [-0.15, -0.1) is 0 Å². The molecule has 0 radical (unpaired) electrons. The Bertz CT molecular complexity index is 928. The van der Waals surface area contributed by atoms with E-state index in [0.717, 1.165) is 18.6 Å². The predicted octanol–water partition coefficient (Wildman–Crippen LogP) is 4.90. The zero-order valence-corrected chi connectivity index (χ0v) is 23.9. The van der Waals surface area contributed by atoms with Crippen molar-refractivity contribution in [3.63, 3.8) is 0 Å². The number of benzene rings is 1. The number of ether oxygens (including phenoxy) is 5. The molecule has 2 aliphatic rings. The summed E-state index contributed by atoms with van der Waals surface area (Å²) in [4.78, 5) is -2.24. The van der Waals surface area contributed by atoms with Gasteiger partial charge in [0.1, 0.15) is 18.3 Å². The SMILES string of the molecule is CCCCCCCCCOCCCO[C@H]1O[C@H]([C@@](C)(O)S(=O)(=O)c2ccc(C)cc2)[C@@H]2OC(C)(C)O[C@H]12. The Labute approximate surface area is 222 Å². The van der Waals surface area contributed by atoms with Gasteiger partial charge in [0.25, 0.3) is 0 Å². The van der Waals surface area contributed by atoms with Crippen molar-refractivity contribution in [2.24, 2.45) is 0 Å². The normalized spacial score (nSPS) is 26.8. The van der Waals surface area contributed by atoms with Crippen molar-refractivity contribution >= 4 is 9.84 Å². The second-order valence-electron chi connectivity index (χ2n) is 10.8. The molecule has 1 N–H and O–H groups in total. The van der Waals surface area contributed by atoms with Gasteiger partial charge >= 0.3 is 0 Å². The summed E-state index contributed by atoms with van der Waals surface area (Å²) in [6.07, 6.45) is 5.88. The number of sulfone groups is 1. The van der Waals surface area contributed by atoms with Gasteiger partial charge in [-0.05, 0) is 52.7 Å². The minimum absolute atomic E-state index is 0.0175. The van der Waals surface area contributed by atoms with Crippen LogP contribution in [-0.4, -0.2) is 68.7 Å². The van der Waals surface area contributed by atoms with Gasteiger partial charge in [0.05, 0.1) is 11.5 Å². The van der Waals surface area contributed by atoms with Gasteiger partial charge in [-0.1, -0.05) is 63.1 Å². The zero-order valence-electron chi connectivity index (χ0n) is 23.1. The van der Waals surface area contributed by atoms with E-state index in [2.05, 4.69) is 6.92 Å². The largest absolute Gasteiger partial charge is 0.381 e. The molecule has 2 saturated heterocycles. The van der Waals surface area contributed by atoms with Gasteiger partial charge in [-0.25, -0.2) is 8.42 Å². The molecule has 8 nitrogen and oxygen atoms in total. The molecule has 1 aromatic rings. The van der Waals surface area contributed by atoms with Crippen molar-refractivity contribution in [3.8, 4) is 0 Å². The lowest BCUT2D eigenvalue weighted by Crippen LogP contribution is -2.52. The highest BCUT2D eigenvalue weighted by Crippen LogP contribution is 2.44. The summed E-state index contributed by atoms with van der Waals surface area (Å²) < 4.78 is 56.4. The van der Waals surface area contributed by atoms with E-state index in [4.69, 9.17) is 23.7 Å². The molecule has 3 rings (SSSR count). The van der Waals surface area contributed by atoms with Gasteiger partial charge < -0.3 is 28.8 Å². The molecule has 0 amide bonds. The maximum atomic E-state index is 13.4. The van der Waals surface area contributed by atoms with Gasteiger partial charge in [0, 0.05) is 13.2 Å². The first-order valence-electron chi connectivity index (χ1n) is 13.7. The van der Waals surface area contributed by atoms with Crippen LogP contribution in [0.5, 0.6) is 0 Å². The lowest BCUT2D eigenvalue weighted by molar-refractivity contribution is -0.245. The van der Waals surface area contributed by atoms with E-state index in [-0.39, 0.29) is 4.90 Å². The number of rotatable bonds is 16. The minimum Gasteiger partial charge on any atom is -0.381 e. The quantitative estimate of drug-likeness (QED) is 0.295. The number of aryl methyl sites for hydroxylation is 1. The second-order valence-corrected chi connectivity index (χ2v) is 13.1. The third-order valence-corrected chi connectivity index (χ3v) is 9.23. The fraction of sp³-hybridized carbons (Fsp3) is 0.786. The van der Waals surface area contributed by atoms with E-state index in [9.17, 15) is 13.5 Å². The Morgan fingerprint density at radius 3 is 2.19 bits per heavy atom. The third-order valence-electron chi connectivity index (χ3n) is 7.02. The van der Waals surface area contributed by atoms with E-state index in [0.29, 0.717) is 19.6 Å². The van der Waals surface area contributed by atoms with Crippen LogP contribution < -0.4 is 0 Å². The topological polar surface area (TPSA) is 101 Å². The van der Waals surface area contributed by atoms with Crippen molar-refractivity contribution < 1.29 is 37.2 Å². The second kappa shape index (κ2) is 13.3. The monoisotopic (exact) mass is 542 g/mol. The van der Waals surface area contributed by atoms with E-state index < -0.39 is 45.2 Å². The van der Waals surface area contributed by atoms with Crippen LogP contribution in [0.1, 0.15) is 84.6 Å². The summed E-state index contributed by atoms with van der Waals surface area (Å²) in [7, 11) is -4.17. The molecule has 2 fully saturated rings. The Morgan fingerprint density at radius 1 is 0.919 bits per heavy atom. The highest BCUT2D eigenvalue weighted by molar-refractivity contribution is 7.92. The molecular formula is C28H46O8S. The Hall–Kier alpha value is -1.07. The number of hydrogen-bond donors (Lipinski definition) is 1. The lowest BCUT2D eigenvalue weighted by Gasteiger charge is -2.33. The smallest absolute Gasteiger partial charge is 0.210 e. The van der Waals surface area contributed by atoms with Crippen LogP contribution in [0.3, 0.4) is 0 Å². The van der Waals surface area contributed by atoms with Crippen LogP contribution >= 0.6 is 0 Å². The Kier molecular flexibility index (Phi) is 11.0. The van der Waals surface area contributed by atoms with Crippen molar-refractivity contribution in [1.82, 2.24) is 0 Å². The summed E-state index contributed by atoms with van der Waals surface area (Å²) >= 11 is 0. The maximum absolute atomic E-state index is 13.4. The Morgan fingerprint density at radius 2 is 1.51 bits per heavy atom. The predicted molar refractivity (Wildman–Crippen MR) is 141 cm³/mol. The van der Waals surface area contributed by atoms with Crippen molar-refractivity contribution in [2.45, 2.75) is 126 Å². The molecule has 212 valence electrons. The van der Waals surface area contributed by atoms with Gasteiger partial charge in [0.2, 0.25) is 9.84 Å². The summed E-state index contributed by atoms with van der Waals surface area (Å²) in [6, 6.07) is 6.37. The molecule has 5 atom stereocenters. The fourth-order valence-electron chi connectivity index (χ4n) is 4.86. The molecule has 0 unspecified atom stereocenters. The number of unbranched alkanes of at least 4 members (excludes halogenated alkanes) is 6. The first kappa shape index (κ1) is 30.5. The van der Waals surface area contributed by atoms with Crippen LogP contribution in [0.25, 0.3) is 0 Å². The summed E-state index contributed by atoms with van der Waals surface area (Å²) in [5, 5.41) is 11.3. The van der Waals surface area contributed by atoms with Crippen molar-refractivity contribution in [2.75, 3.05) is 19.8 Å². The molecule has 0 spiro atoms. The molecule has 0 bridgehead atoms. The Balaban J connectivity index is 1.50. The van der Waals surface area contributed by atoms with Crippen LogP contribution in [0, 0.1) is 6.92 Å². The molecule has 0 aromatic heterocycles. The van der Waals surface area contributed by atoms with Gasteiger partial charge in [-0.2, -0.15) is 0 Å². The van der Waals surface area contributed by atoms with Crippen molar-refractivity contribution in [3.05, 3.63) is 29.8 Å². The van der Waals surface area contributed by atoms with E-state index in [1.165, 1.54) is 57.6 Å². The molecule has 1 aromatic carbocycles. The first-order valence-corrected chi connectivity index (χ1v) is 15.2. The van der Waals surface area contributed by atoms with E-state index >= 15 is 0 Å². The molecule has 2 aliphatic heterocycles. The van der Waals surface area contributed by atoms with Crippen LogP contribution in [0.15, 0.2) is 29.2 Å². The minimum atomic E-state index is -4.17. The fourth-order valence-corrected chi connectivity index (χ4v) is 6.33.